The van der Waals surface area contributed by atoms with Gasteiger partial charge in [0.2, 0.25) is 10.0 Å². The highest BCUT2D eigenvalue weighted by atomic mass is 32.2. The molecule has 3 rings (SSSR count). The van der Waals surface area contributed by atoms with E-state index in [1.165, 1.54) is 4.31 Å². The maximum absolute atomic E-state index is 12.2. The summed E-state index contributed by atoms with van der Waals surface area (Å²) in [4.78, 5) is 12.2. The fraction of sp³-hybridized carbons (Fsp3) is 0.611. The van der Waals surface area contributed by atoms with Crippen LogP contribution in [-0.2, 0) is 24.3 Å². The molecule has 2 fully saturated rings. The molecule has 0 spiro atoms. The lowest BCUT2D eigenvalue weighted by atomic mass is 10.1. The van der Waals surface area contributed by atoms with Crippen LogP contribution in [0.5, 0.6) is 0 Å². The van der Waals surface area contributed by atoms with Gasteiger partial charge >= 0.3 is 0 Å². The third-order valence-electron chi connectivity index (χ3n) is 4.70. The number of ether oxygens (including phenoxy) is 2. The predicted molar refractivity (Wildman–Crippen MR) is 99.8 cm³/mol. The van der Waals surface area contributed by atoms with E-state index >= 15 is 0 Å². The molecule has 26 heavy (non-hydrogen) atoms. The molecule has 2 saturated heterocycles. The Bertz CT molecular complexity index is 714. The van der Waals surface area contributed by atoms with Crippen molar-refractivity contribution in [1.29, 1.82) is 0 Å². The van der Waals surface area contributed by atoms with Crippen LogP contribution in [0.1, 0.15) is 32.6 Å². The second kappa shape index (κ2) is 8.37. The SMILES string of the molecule is CC(OCC1CCCCO1)C(=O)Nc1ccc(N2CCCS2(=O)=O)cc1. The van der Waals surface area contributed by atoms with E-state index in [4.69, 9.17) is 9.47 Å². The second-order valence-corrected chi connectivity index (χ2v) is 8.75. The molecule has 2 heterocycles. The Hall–Kier alpha value is -1.64. The quantitative estimate of drug-likeness (QED) is 0.815. The molecule has 1 amide bonds. The first-order valence-electron chi connectivity index (χ1n) is 9.10. The number of anilines is 2. The van der Waals surface area contributed by atoms with E-state index in [1.807, 2.05) is 0 Å². The van der Waals surface area contributed by atoms with Gasteiger partial charge < -0.3 is 14.8 Å². The van der Waals surface area contributed by atoms with Gasteiger partial charge in [-0.25, -0.2) is 8.42 Å². The lowest BCUT2D eigenvalue weighted by Crippen LogP contribution is -2.32. The first-order chi connectivity index (χ1) is 12.5. The fourth-order valence-electron chi connectivity index (χ4n) is 3.15. The average molecular weight is 382 g/mol. The Morgan fingerprint density at radius 1 is 1.31 bits per heavy atom. The van der Waals surface area contributed by atoms with Crippen molar-refractivity contribution in [3.8, 4) is 0 Å². The van der Waals surface area contributed by atoms with Gasteiger partial charge in [-0.1, -0.05) is 0 Å². The molecular weight excluding hydrogens is 356 g/mol. The van der Waals surface area contributed by atoms with Gasteiger partial charge in [0.15, 0.2) is 0 Å². The topological polar surface area (TPSA) is 84.9 Å². The number of rotatable bonds is 6. The number of nitrogens with zero attached hydrogens (tertiary/aromatic N) is 1. The minimum Gasteiger partial charge on any atom is -0.376 e. The van der Waals surface area contributed by atoms with Gasteiger partial charge in [0.05, 0.1) is 24.2 Å². The fourth-order valence-corrected chi connectivity index (χ4v) is 4.72. The minimum absolute atomic E-state index is 0.0701. The van der Waals surface area contributed by atoms with Crippen LogP contribution in [0.2, 0.25) is 0 Å². The molecule has 7 nitrogen and oxygen atoms in total. The smallest absolute Gasteiger partial charge is 0.253 e. The van der Waals surface area contributed by atoms with Crippen LogP contribution in [-0.4, -0.2) is 52.0 Å². The van der Waals surface area contributed by atoms with Crippen molar-refractivity contribution in [3.63, 3.8) is 0 Å². The van der Waals surface area contributed by atoms with Gasteiger partial charge in [-0.2, -0.15) is 0 Å². The zero-order valence-corrected chi connectivity index (χ0v) is 15.8. The van der Waals surface area contributed by atoms with Crippen LogP contribution in [0.3, 0.4) is 0 Å². The van der Waals surface area contributed by atoms with Crippen molar-refractivity contribution in [2.45, 2.75) is 44.8 Å². The third-order valence-corrected chi connectivity index (χ3v) is 6.57. The molecule has 2 unspecified atom stereocenters. The van der Waals surface area contributed by atoms with Crippen LogP contribution < -0.4 is 9.62 Å². The van der Waals surface area contributed by atoms with Crippen LogP contribution >= 0.6 is 0 Å². The van der Waals surface area contributed by atoms with Gasteiger partial charge in [-0.05, 0) is 56.9 Å². The highest BCUT2D eigenvalue weighted by molar-refractivity contribution is 7.93. The molecular formula is C18H26N2O5S. The van der Waals surface area contributed by atoms with Crippen LogP contribution in [0.25, 0.3) is 0 Å². The Morgan fingerprint density at radius 2 is 2.08 bits per heavy atom. The molecule has 2 atom stereocenters. The van der Waals surface area contributed by atoms with E-state index in [1.54, 1.807) is 31.2 Å². The molecule has 1 aromatic rings. The number of hydrogen-bond donors (Lipinski definition) is 1. The predicted octanol–water partition coefficient (Wildman–Crippen LogP) is 2.14. The highest BCUT2D eigenvalue weighted by Gasteiger charge is 2.28. The summed E-state index contributed by atoms with van der Waals surface area (Å²) in [5.74, 6) is -0.0484. The second-order valence-electron chi connectivity index (χ2n) is 6.74. The monoisotopic (exact) mass is 382 g/mol. The average Bonchev–Trinajstić information content (AvgIpc) is 3.00. The van der Waals surface area contributed by atoms with Crippen molar-refractivity contribution in [2.75, 3.05) is 35.1 Å². The third kappa shape index (κ3) is 4.75. The number of carbonyl (C=O) groups is 1. The van der Waals surface area contributed by atoms with Gasteiger partial charge in [0, 0.05) is 18.8 Å². The Balaban J connectivity index is 1.50. The van der Waals surface area contributed by atoms with E-state index in [-0.39, 0.29) is 17.8 Å². The molecule has 2 aliphatic rings. The molecule has 1 N–H and O–H groups in total. The van der Waals surface area contributed by atoms with Crippen molar-refractivity contribution >= 4 is 27.3 Å². The molecule has 1 aromatic carbocycles. The molecule has 144 valence electrons. The zero-order chi connectivity index (χ0) is 18.6. The van der Waals surface area contributed by atoms with Gasteiger partial charge in [-0.3, -0.25) is 9.10 Å². The number of nitrogens with one attached hydrogen (secondary N) is 1. The number of hydrogen-bond acceptors (Lipinski definition) is 5. The molecule has 0 saturated carbocycles. The summed E-state index contributed by atoms with van der Waals surface area (Å²) in [5.41, 5.74) is 1.24. The lowest BCUT2D eigenvalue weighted by Gasteiger charge is -2.24. The van der Waals surface area contributed by atoms with Gasteiger partial charge in [0.1, 0.15) is 6.10 Å². The van der Waals surface area contributed by atoms with Crippen molar-refractivity contribution in [3.05, 3.63) is 24.3 Å². The van der Waals surface area contributed by atoms with E-state index in [2.05, 4.69) is 5.32 Å². The Kier molecular flexibility index (Phi) is 6.16. The van der Waals surface area contributed by atoms with E-state index in [9.17, 15) is 13.2 Å². The van der Waals surface area contributed by atoms with Crippen LogP contribution in [0.4, 0.5) is 11.4 Å². The molecule has 0 radical (unpaired) electrons. The zero-order valence-electron chi connectivity index (χ0n) is 15.0. The van der Waals surface area contributed by atoms with Crippen LogP contribution in [0, 0.1) is 0 Å². The first-order valence-corrected chi connectivity index (χ1v) is 10.7. The molecule has 0 aromatic heterocycles. The largest absolute Gasteiger partial charge is 0.376 e. The standard InChI is InChI=1S/C18H26N2O5S/c1-14(25-13-17-5-2-3-11-24-17)18(21)19-15-6-8-16(9-7-15)20-10-4-12-26(20,22)23/h6-9,14,17H,2-5,10-13H2,1H3,(H,19,21). The molecule has 2 aliphatic heterocycles. The summed E-state index contributed by atoms with van der Waals surface area (Å²) < 4.78 is 36.5. The summed E-state index contributed by atoms with van der Waals surface area (Å²) in [7, 11) is -3.19. The normalized spacial score (nSPS) is 23.6. The van der Waals surface area contributed by atoms with Crippen molar-refractivity contribution in [1.82, 2.24) is 0 Å². The maximum Gasteiger partial charge on any atom is 0.253 e. The number of benzene rings is 1. The summed E-state index contributed by atoms with van der Waals surface area (Å²) in [5, 5.41) is 2.80. The van der Waals surface area contributed by atoms with Gasteiger partial charge in [-0.15, -0.1) is 0 Å². The lowest BCUT2D eigenvalue weighted by molar-refractivity contribution is -0.130. The summed E-state index contributed by atoms with van der Waals surface area (Å²) in [6.07, 6.45) is 3.31. The Morgan fingerprint density at radius 3 is 2.69 bits per heavy atom. The van der Waals surface area contributed by atoms with Gasteiger partial charge in [0.25, 0.3) is 5.91 Å². The summed E-state index contributed by atoms with van der Waals surface area (Å²) >= 11 is 0. The van der Waals surface area contributed by atoms with Crippen LogP contribution in [0.15, 0.2) is 24.3 Å². The first kappa shape index (κ1) is 19.1. The summed E-state index contributed by atoms with van der Waals surface area (Å²) in [6, 6.07) is 6.83. The summed E-state index contributed by atoms with van der Waals surface area (Å²) in [6.45, 7) is 3.39. The highest BCUT2D eigenvalue weighted by Crippen LogP contribution is 2.25. The minimum atomic E-state index is -3.19. The Labute approximate surface area is 154 Å². The van der Waals surface area contributed by atoms with E-state index < -0.39 is 16.1 Å². The number of carbonyl (C=O) groups excluding carboxylic acids is 1. The number of sulfonamides is 1. The van der Waals surface area contributed by atoms with E-state index in [0.29, 0.717) is 30.9 Å². The maximum atomic E-state index is 12.2. The van der Waals surface area contributed by atoms with E-state index in [0.717, 1.165) is 25.9 Å². The molecule has 0 bridgehead atoms. The van der Waals surface area contributed by atoms with Crippen molar-refractivity contribution in [2.24, 2.45) is 0 Å². The molecule has 0 aliphatic carbocycles. The molecule has 8 heteroatoms. The van der Waals surface area contributed by atoms with Crippen molar-refractivity contribution < 1.29 is 22.7 Å². The number of amides is 1.